The predicted molar refractivity (Wildman–Crippen MR) is 158 cm³/mol. The number of aromatic hydroxyl groups is 1. The Hall–Kier alpha value is -2.55. The van der Waals surface area contributed by atoms with Crippen LogP contribution >= 0.6 is 0 Å². The standard InChI is InChI=1S/C34H50O3/c1-8-15-24(11-4)28-22-27(33(32(23-28)37-7)25(12-5)16-9-2)20-21-30(35)29-18-14-19-31(36)34(29)26(13-6)17-10-3/h14,18-26,36H,8-13,15-17H2,1-7H3/b21-20+. The van der Waals surface area contributed by atoms with Crippen molar-refractivity contribution in [2.45, 2.75) is 117 Å². The molecule has 3 atom stereocenters. The normalized spacial score (nSPS) is 14.0. The summed E-state index contributed by atoms with van der Waals surface area (Å²) in [6.07, 6.45) is 13.1. The number of ketones is 1. The number of ether oxygens (including phenoxy) is 1. The van der Waals surface area contributed by atoms with Gasteiger partial charge in [0.1, 0.15) is 11.5 Å². The molecule has 0 aliphatic rings. The van der Waals surface area contributed by atoms with Gasteiger partial charge in [-0.1, -0.05) is 85.1 Å². The second kappa shape index (κ2) is 15.6. The summed E-state index contributed by atoms with van der Waals surface area (Å²) in [5.41, 5.74) is 4.98. The molecule has 3 unspecified atom stereocenters. The first-order valence-corrected chi connectivity index (χ1v) is 14.7. The Balaban J connectivity index is 2.65. The zero-order valence-electron chi connectivity index (χ0n) is 24.4. The number of methoxy groups -OCH3 is 1. The average molecular weight is 507 g/mol. The molecule has 0 amide bonds. The Labute approximate surface area is 226 Å². The third-order valence-electron chi connectivity index (χ3n) is 7.86. The number of hydrogen-bond donors (Lipinski definition) is 1. The van der Waals surface area contributed by atoms with Crippen molar-refractivity contribution in [3.05, 3.63) is 64.2 Å². The van der Waals surface area contributed by atoms with Crippen molar-refractivity contribution < 1.29 is 14.6 Å². The van der Waals surface area contributed by atoms with Crippen LogP contribution in [0, 0.1) is 0 Å². The monoisotopic (exact) mass is 506 g/mol. The molecular weight excluding hydrogens is 456 g/mol. The van der Waals surface area contributed by atoms with Gasteiger partial charge >= 0.3 is 0 Å². The molecule has 0 saturated carbocycles. The zero-order valence-corrected chi connectivity index (χ0v) is 24.4. The molecule has 0 aliphatic carbocycles. The van der Waals surface area contributed by atoms with Crippen LogP contribution in [0.2, 0.25) is 0 Å². The molecule has 0 spiro atoms. The Morgan fingerprint density at radius 2 is 1.41 bits per heavy atom. The molecule has 3 heteroatoms. The van der Waals surface area contributed by atoms with Gasteiger partial charge in [0.2, 0.25) is 0 Å². The van der Waals surface area contributed by atoms with Gasteiger partial charge in [0.15, 0.2) is 5.78 Å². The topological polar surface area (TPSA) is 46.5 Å². The quantitative estimate of drug-likeness (QED) is 0.182. The van der Waals surface area contributed by atoms with Crippen molar-refractivity contribution in [1.29, 1.82) is 0 Å². The highest BCUT2D eigenvalue weighted by Gasteiger charge is 2.23. The minimum absolute atomic E-state index is 0.0556. The average Bonchev–Trinajstić information content (AvgIpc) is 2.91. The molecule has 1 N–H and O–H groups in total. The highest BCUT2D eigenvalue weighted by molar-refractivity contribution is 6.08. The Bertz CT molecular complexity index is 1020. The van der Waals surface area contributed by atoms with E-state index >= 15 is 0 Å². The maximum atomic E-state index is 13.6. The largest absolute Gasteiger partial charge is 0.508 e. The molecule has 0 radical (unpaired) electrons. The molecule has 0 heterocycles. The van der Waals surface area contributed by atoms with E-state index in [1.165, 1.54) is 11.1 Å². The third kappa shape index (κ3) is 7.72. The summed E-state index contributed by atoms with van der Waals surface area (Å²) in [6, 6.07) is 9.87. The fraction of sp³-hybridized carbons (Fsp3) is 0.559. The van der Waals surface area contributed by atoms with E-state index in [0.29, 0.717) is 17.4 Å². The lowest BCUT2D eigenvalue weighted by Gasteiger charge is -2.24. The second-order valence-electron chi connectivity index (χ2n) is 10.3. The van der Waals surface area contributed by atoms with Crippen LogP contribution in [0.1, 0.15) is 150 Å². The third-order valence-corrected chi connectivity index (χ3v) is 7.86. The molecule has 0 fully saturated rings. The summed E-state index contributed by atoms with van der Waals surface area (Å²) in [4.78, 5) is 13.6. The van der Waals surface area contributed by atoms with Crippen LogP contribution in [0.3, 0.4) is 0 Å². The highest BCUT2D eigenvalue weighted by atomic mass is 16.5. The molecule has 0 saturated heterocycles. The summed E-state index contributed by atoms with van der Waals surface area (Å²) in [5.74, 6) is 2.13. The Morgan fingerprint density at radius 1 is 0.838 bits per heavy atom. The molecule has 0 aliphatic heterocycles. The summed E-state index contributed by atoms with van der Waals surface area (Å²) in [5, 5.41) is 10.7. The molecule has 2 aromatic carbocycles. The second-order valence-corrected chi connectivity index (χ2v) is 10.3. The van der Waals surface area contributed by atoms with E-state index in [-0.39, 0.29) is 17.5 Å². The molecular formula is C34H50O3. The lowest BCUT2D eigenvalue weighted by molar-refractivity contribution is 0.104. The molecule has 0 bridgehead atoms. The fourth-order valence-electron chi connectivity index (χ4n) is 5.86. The van der Waals surface area contributed by atoms with Gasteiger partial charge in [0.25, 0.3) is 0 Å². The number of rotatable bonds is 16. The van der Waals surface area contributed by atoms with Crippen LogP contribution in [-0.2, 0) is 0 Å². The predicted octanol–water partition coefficient (Wildman–Crippen LogP) is 10.2. The van der Waals surface area contributed by atoms with Gasteiger partial charge in [-0.3, -0.25) is 4.79 Å². The number of carbonyl (C=O) groups excluding carboxylic acids is 1. The van der Waals surface area contributed by atoms with Crippen LogP contribution < -0.4 is 4.74 Å². The minimum Gasteiger partial charge on any atom is -0.508 e. The number of phenols is 1. The van der Waals surface area contributed by atoms with Crippen LogP contribution in [0.4, 0.5) is 0 Å². The van der Waals surface area contributed by atoms with Crippen LogP contribution in [0.15, 0.2) is 36.4 Å². The molecule has 37 heavy (non-hydrogen) atoms. The van der Waals surface area contributed by atoms with E-state index < -0.39 is 0 Å². The van der Waals surface area contributed by atoms with Gasteiger partial charge < -0.3 is 9.84 Å². The maximum Gasteiger partial charge on any atom is 0.186 e. The van der Waals surface area contributed by atoms with Crippen LogP contribution in [0.5, 0.6) is 11.5 Å². The van der Waals surface area contributed by atoms with Crippen LogP contribution in [-0.4, -0.2) is 18.0 Å². The first-order chi connectivity index (χ1) is 17.9. The minimum atomic E-state index is -0.0556. The van der Waals surface area contributed by atoms with Crippen molar-refractivity contribution >= 4 is 11.9 Å². The van der Waals surface area contributed by atoms with E-state index in [4.69, 9.17) is 4.74 Å². The Kier molecular flexibility index (Phi) is 13.0. The van der Waals surface area contributed by atoms with E-state index in [2.05, 4.69) is 53.7 Å². The molecule has 2 aromatic rings. The zero-order chi connectivity index (χ0) is 27.4. The van der Waals surface area contributed by atoms with Gasteiger partial charge in [-0.25, -0.2) is 0 Å². The number of phenolic OH excluding ortho intramolecular Hbond substituents is 1. The summed E-state index contributed by atoms with van der Waals surface area (Å²) in [6.45, 7) is 13.2. The maximum absolute atomic E-state index is 13.6. The van der Waals surface area contributed by atoms with Crippen molar-refractivity contribution in [2.75, 3.05) is 7.11 Å². The lowest BCUT2D eigenvalue weighted by Crippen LogP contribution is -2.08. The van der Waals surface area contributed by atoms with Crippen molar-refractivity contribution in [3.8, 4) is 11.5 Å². The van der Waals surface area contributed by atoms with Gasteiger partial charge in [0, 0.05) is 16.7 Å². The van der Waals surface area contributed by atoms with Gasteiger partial charge in [-0.2, -0.15) is 0 Å². The number of benzene rings is 2. The highest BCUT2D eigenvalue weighted by Crippen LogP contribution is 2.40. The molecule has 2 rings (SSSR count). The number of carbonyl (C=O) groups is 1. The number of hydrogen-bond acceptors (Lipinski definition) is 3. The first-order valence-electron chi connectivity index (χ1n) is 14.7. The molecule has 204 valence electrons. The molecule has 3 nitrogen and oxygen atoms in total. The van der Waals surface area contributed by atoms with E-state index in [1.54, 1.807) is 25.3 Å². The van der Waals surface area contributed by atoms with E-state index in [9.17, 15) is 9.90 Å². The van der Waals surface area contributed by atoms with E-state index in [0.717, 1.165) is 74.7 Å². The van der Waals surface area contributed by atoms with Crippen LogP contribution in [0.25, 0.3) is 6.08 Å². The van der Waals surface area contributed by atoms with E-state index in [1.807, 2.05) is 12.1 Å². The van der Waals surface area contributed by atoms with Gasteiger partial charge in [-0.05, 0) is 85.6 Å². The van der Waals surface area contributed by atoms with Crippen molar-refractivity contribution in [3.63, 3.8) is 0 Å². The lowest BCUT2D eigenvalue weighted by atomic mass is 9.83. The van der Waals surface area contributed by atoms with Gasteiger partial charge in [-0.15, -0.1) is 0 Å². The Morgan fingerprint density at radius 3 is 1.95 bits per heavy atom. The summed E-state index contributed by atoms with van der Waals surface area (Å²) in [7, 11) is 1.76. The summed E-state index contributed by atoms with van der Waals surface area (Å²) >= 11 is 0. The first kappa shape index (κ1) is 30.7. The van der Waals surface area contributed by atoms with Crippen molar-refractivity contribution in [1.82, 2.24) is 0 Å². The SMILES string of the molecule is CCCC(CC)c1cc(/C=C/C(=O)c2cccc(O)c2C(CC)CCC)c(C(CC)CCC)c(OC)c1. The molecule has 0 aromatic heterocycles. The smallest absolute Gasteiger partial charge is 0.186 e. The summed E-state index contributed by atoms with van der Waals surface area (Å²) < 4.78 is 5.98. The fourth-order valence-corrected chi connectivity index (χ4v) is 5.86. The van der Waals surface area contributed by atoms with Crippen molar-refractivity contribution in [2.24, 2.45) is 0 Å². The van der Waals surface area contributed by atoms with Gasteiger partial charge in [0.05, 0.1) is 7.11 Å². The number of allylic oxidation sites excluding steroid dienone is 1.